The summed E-state index contributed by atoms with van der Waals surface area (Å²) in [7, 11) is 0. The van der Waals surface area contributed by atoms with Crippen LogP contribution in [0.15, 0.2) is 18.2 Å². The van der Waals surface area contributed by atoms with Gasteiger partial charge >= 0.3 is 0 Å². The highest BCUT2D eigenvalue weighted by Gasteiger charge is 2.28. The Hall–Kier alpha value is -1.26. The highest BCUT2D eigenvalue weighted by atomic mass is 35.5. The van der Waals surface area contributed by atoms with Crippen LogP contribution >= 0.6 is 23.2 Å². The Labute approximate surface area is 127 Å². The van der Waals surface area contributed by atoms with Gasteiger partial charge in [-0.1, -0.05) is 17.7 Å². The van der Waals surface area contributed by atoms with Gasteiger partial charge in [0.25, 0.3) is 0 Å². The van der Waals surface area contributed by atoms with Crippen molar-refractivity contribution >= 4 is 40.1 Å². The fourth-order valence-corrected chi connectivity index (χ4v) is 2.97. The number of para-hydroxylation sites is 1. The van der Waals surface area contributed by atoms with Crippen LogP contribution in [-0.4, -0.2) is 21.3 Å². The van der Waals surface area contributed by atoms with E-state index in [4.69, 9.17) is 28.9 Å². The summed E-state index contributed by atoms with van der Waals surface area (Å²) in [6, 6.07) is 5.57. The number of alkyl halides is 1. The third kappa shape index (κ3) is 2.76. The van der Waals surface area contributed by atoms with E-state index >= 15 is 0 Å². The monoisotopic (exact) mass is 313 g/mol. The van der Waals surface area contributed by atoms with E-state index in [9.17, 15) is 4.79 Å². The number of nitrogens with two attached hydrogens (primary N) is 1. The second kappa shape index (κ2) is 5.62. The Morgan fingerprint density at radius 2 is 2.15 bits per heavy atom. The zero-order valence-electron chi connectivity index (χ0n) is 11.5. The molecule has 20 heavy (non-hydrogen) atoms. The van der Waals surface area contributed by atoms with Crippen molar-refractivity contribution in [2.45, 2.75) is 32.2 Å². The van der Waals surface area contributed by atoms with Gasteiger partial charge in [-0.15, -0.1) is 11.6 Å². The van der Waals surface area contributed by atoms with Crippen molar-refractivity contribution in [1.29, 1.82) is 0 Å². The fourth-order valence-electron chi connectivity index (χ4n) is 2.54. The number of carbonyl (C=O) groups excluding carboxylic acids is 1. The predicted octanol–water partition coefficient (Wildman–Crippen LogP) is 3.08. The van der Waals surface area contributed by atoms with Gasteiger partial charge in [0.1, 0.15) is 5.82 Å². The molecule has 2 rings (SSSR count). The molecule has 1 amide bonds. The van der Waals surface area contributed by atoms with E-state index in [0.717, 1.165) is 16.9 Å². The van der Waals surface area contributed by atoms with Crippen molar-refractivity contribution in [3.8, 4) is 0 Å². The van der Waals surface area contributed by atoms with Gasteiger partial charge in [0.05, 0.1) is 16.1 Å². The number of benzene rings is 1. The molecule has 1 aromatic heterocycles. The first-order chi connectivity index (χ1) is 9.36. The van der Waals surface area contributed by atoms with Gasteiger partial charge < -0.3 is 10.3 Å². The number of halogens is 2. The molecule has 0 aliphatic rings. The fraction of sp³-hybridized carbons (Fsp3) is 0.429. The average Bonchev–Trinajstić information content (AvgIpc) is 2.68. The first kappa shape index (κ1) is 15.1. The standard InChI is InChI=1S/C14H17Cl2N3O/c1-14(2,8-11(17)20)19-12(6-7-15)18-10-5-3-4-9(16)13(10)19/h3-5H,6-8H2,1-2H3,(H2,17,20). The van der Waals surface area contributed by atoms with Crippen LogP contribution in [0.25, 0.3) is 11.0 Å². The van der Waals surface area contributed by atoms with E-state index in [1.807, 2.05) is 36.6 Å². The van der Waals surface area contributed by atoms with Crippen LogP contribution in [0.5, 0.6) is 0 Å². The molecule has 2 aromatic rings. The molecule has 0 aliphatic heterocycles. The average molecular weight is 314 g/mol. The van der Waals surface area contributed by atoms with E-state index in [1.54, 1.807) is 0 Å². The Morgan fingerprint density at radius 3 is 2.75 bits per heavy atom. The molecule has 0 atom stereocenters. The van der Waals surface area contributed by atoms with Gasteiger partial charge in [-0.2, -0.15) is 0 Å². The Kier molecular flexibility index (Phi) is 4.25. The van der Waals surface area contributed by atoms with Gasteiger partial charge in [0.2, 0.25) is 5.91 Å². The van der Waals surface area contributed by atoms with Gasteiger partial charge in [-0.05, 0) is 26.0 Å². The van der Waals surface area contributed by atoms with E-state index in [-0.39, 0.29) is 12.3 Å². The highest BCUT2D eigenvalue weighted by molar-refractivity contribution is 6.35. The lowest BCUT2D eigenvalue weighted by Crippen LogP contribution is -2.33. The molecule has 1 aromatic carbocycles. The molecule has 0 fully saturated rings. The highest BCUT2D eigenvalue weighted by Crippen LogP contribution is 2.32. The van der Waals surface area contributed by atoms with Crippen LogP contribution in [0, 0.1) is 0 Å². The molecule has 2 N–H and O–H groups in total. The number of aromatic nitrogens is 2. The lowest BCUT2D eigenvalue weighted by atomic mass is 9.99. The van der Waals surface area contributed by atoms with Crippen LogP contribution in [0.4, 0.5) is 0 Å². The van der Waals surface area contributed by atoms with Crippen molar-refractivity contribution in [2.24, 2.45) is 5.73 Å². The molecule has 0 aliphatic carbocycles. The quantitative estimate of drug-likeness (QED) is 0.862. The molecule has 1 heterocycles. The summed E-state index contributed by atoms with van der Waals surface area (Å²) in [6.07, 6.45) is 0.813. The minimum absolute atomic E-state index is 0.207. The summed E-state index contributed by atoms with van der Waals surface area (Å²) in [5, 5.41) is 0.605. The number of carbonyl (C=O) groups is 1. The zero-order valence-corrected chi connectivity index (χ0v) is 13.0. The number of hydrogen-bond donors (Lipinski definition) is 1. The Morgan fingerprint density at radius 1 is 1.45 bits per heavy atom. The summed E-state index contributed by atoms with van der Waals surface area (Å²) in [6.45, 7) is 3.89. The van der Waals surface area contributed by atoms with E-state index in [0.29, 0.717) is 17.3 Å². The van der Waals surface area contributed by atoms with E-state index < -0.39 is 5.54 Å². The first-order valence-corrected chi connectivity index (χ1v) is 7.28. The second-order valence-electron chi connectivity index (χ2n) is 5.37. The molecule has 4 nitrogen and oxygen atoms in total. The van der Waals surface area contributed by atoms with Crippen LogP contribution in [0.3, 0.4) is 0 Å². The largest absolute Gasteiger partial charge is 0.370 e. The SMILES string of the molecule is CC(C)(CC(N)=O)n1c(CCCl)nc2cccc(Cl)c21. The van der Waals surface area contributed by atoms with E-state index in [2.05, 4.69) is 4.98 Å². The molecule has 0 saturated heterocycles. The van der Waals surface area contributed by atoms with Gasteiger partial charge in [0.15, 0.2) is 0 Å². The number of hydrogen-bond acceptors (Lipinski definition) is 2. The summed E-state index contributed by atoms with van der Waals surface area (Å²) in [4.78, 5) is 15.9. The van der Waals surface area contributed by atoms with Crippen molar-refractivity contribution in [1.82, 2.24) is 9.55 Å². The van der Waals surface area contributed by atoms with Crippen LogP contribution in [-0.2, 0) is 16.8 Å². The number of nitrogens with zero attached hydrogens (tertiary/aromatic N) is 2. The maximum atomic E-state index is 11.3. The number of aryl methyl sites for hydroxylation is 1. The molecule has 0 unspecified atom stereocenters. The zero-order chi connectivity index (χ0) is 14.9. The molecule has 0 saturated carbocycles. The van der Waals surface area contributed by atoms with Crippen molar-refractivity contribution in [3.63, 3.8) is 0 Å². The molecule has 0 bridgehead atoms. The Bertz CT molecular complexity index is 649. The molecular formula is C14H17Cl2N3O. The third-order valence-corrected chi connectivity index (χ3v) is 3.72. The van der Waals surface area contributed by atoms with E-state index in [1.165, 1.54) is 0 Å². The summed E-state index contributed by atoms with van der Waals surface area (Å²) in [5.41, 5.74) is 6.47. The van der Waals surface area contributed by atoms with Crippen molar-refractivity contribution < 1.29 is 4.79 Å². The number of fused-ring (bicyclic) bond motifs is 1. The minimum Gasteiger partial charge on any atom is -0.370 e. The number of imidazole rings is 1. The number of amides is 1. The van der Waals surface area contributed by atoms with Crippen LogP contribution < -0.4 is 5.73 Å². The van der Waals surface area contributed by atoms with Crippen molar-refractivity contribution in [2.75, 3.05) is 5.88 Å². The van der Waals surface area contributed by atoms with Gasteiger partial charge in [-0.25, -0.2) is 4.98 Å². The number of primary amides is 1. The predicted molar refractivity (Wildman–Crippen MR) is 82.3 cm³/mol. The maximum Gasteiger partial charge on any atom is 0.219 e. The molecule has 108 valence electrons. The molecule has 0 radical (unpaired) electrons. The Balaban J connectivity index is 2.70. The lowest BCUT2D eigenvalue weighted by molar-refractivity contribution is -0.119. The van der Waals surface area contributed by atoms with Gasteiger partial charge in [-0.3, -0.25) is 4.79 Å². The third-order valence-electron chi connectivity index (χ3n) is 3.23. The van der Waals surface area contributed by atoms with Crippen LogP contribution in [0.1, 0.15) is 26.1 Å². The maximum absolute atomic E-state index is 11.3. The minimum atomic E-state index is -0.507. The molecule has 6 heteroatoms. The smallest absolute Gasteiger partial charge is 0.219 e. The first-order valence-electron chi connectivity index (χ1n) is 6.37. The normalized spacial score (nSPS) is 12.0. The van der Waals surface area contributed by atoms with Crippen molar-refractivity contribution in [3.05, 3.63) is 29.0 Å². The summed E-state index contributed by atoms with van der Waals surface area (Å²) in [5.74, 6) is 0.906. The summed E-state index contributed by atoms with van der Waals surface area (Å²) < 4.78 is 1.98. The number of rotatable bonds is 5. The van der Waals surface area contributed by atoms with Gasteiger partial charge in [0, 0.05) is 24.3 Å². The topological polar surface area (TPSA) is 60.9 Å². The second-order valence-corrected chi connectivity index (χ2v) is 6.15. The van der Waals surface area contributed by atoms with Crippen LogP contribution in [0.2, 0.25) is 5.02 Å². The molecular weight excluding hydrogens is 297 g/mol. The summed E-state index contributed by atoms with van der Waals surface area (Å²) >= 11 is 12.2. The lowest BCUT2D eigenvalue weighted by Gasteiger charge is -2.28. The molecule has 0 spiro atoms.